The van der Waals surface area contributed by atoms with Crippen LogP contribution in [0.25, 0.3) is 0 Å². The zero-order valence-electron chi connectivity index (χ0n) is 7.02. The molecule has 0 bridgehead atoms. The maximum atomic E-state index is 5.86. The van der Waals surface area contributed by atoms with E-state index in [2.05, 4.69) is 5.92 Å². The Balaban J connectivity index is 3.28. The first kappa shape index (κ1) is 8.96. The molecule has 0 atom stereocenters. The lowest BCUT2D eigenvalue weighted by atomic mass is 10.1. The van der Waals surface area contributed by atoms with Crippen LogP contribution >= 0.6 is 11.6 Å². The Morgan fingerprint density at radius 2 is 2.17 bits per heavy atom. The van der Waals surface area contributed by atoms with Crippen molar-refractivity contribution in [1.29, 1.82) is 0 Å². The molecule has 0 saturated heterocycles. The van der Waals surface area contributed by atoms with Gasteiger partial charge >= 0.3 is 0 Å². The lowest BCUT2D eigenvalue weighted by Gasteiger charge is -2.05. The maximum Gasteiger partial charge on any atom is 0.137 e. The van der Waals surface area contributed by atoms with Crippen LogP contribution in [0.2, 0.25) is 5.02 Å². The van der Waals surface area contributed by atoms with Crippen LogP contribution in [0.5, 0.6) is 5.75 Å². The van der Waals surface area contributed by atoms with Gasteiger partial charge in [-0.1, -0.05) is 17.5 Å². The van der Waals surface area contributed by atoms with Crippen LogP contribution in [-0.2, 0) is 0 Å². The van der Waals surface area contributed by atoms with Crippen LogP contribution in [0.4, 0.5) is 0 Å². The molecule has 0 aromatic heterocycles. The van der Waals surface area contributed by atoms with E-state index in [1.807, 2.05) is 13.0 Å². The fraction of sp³-hybridized carbons (Fsp3) is 0.200. The van der Waals surface area contributed by atoms with Gasteiger partial charge in [-0.05, 0) is 24.6 Å². The van der Waals surface area contributed by atoms with Crippen molar-refractivity contribution in [3.8, 4) is 18.1 Å². The number of hydrogen-bond donors (Lipinski definition) is 0. The summed E-state index contributed by atoms with van der Waals surface area (Å²) in [6.45, 7) is 1.92. The van der Waals surface area contributed by atoms with E-state index in [0.717, 1.165) is 11.1 Å². The molecule has 2 heteroatoms. The predicted octanol–water partition coefficient (Wildman–Crippen LogP) is 2.64. The van der Waals surface area contributed by atoms with Gasteiger partial charge in [0.05, 0.1) is 12.1 Å². The predicted molar refractivity (Wildman–Crippen MR) is 50.7 cm³/mol. The molecule has 0 aliphatic carbocycles. The normalized spacial score (nSPS) is 9.17. The van der Waals surface area contributed by atoms with Crippen LogP contribution in [0.1, 0.15) is 11.1 Å². The Morgan fingerprint density at radius 3 is 2.67 bits per heavy atom. The molecule has 62 valence electrons. The summed E-state index contributed by atoms with van der Waals surface area (Å²) in [4.78, 5) is 0. The number of halogens is 1. The molecule has 0 radical (unpaired) electrons. The molecule has 0 saturated carbocycles. The summed E-state index contributed by atoms with van der Waals surface area (Å²) in [6.07, 6.45) is 5.26. The minimum absolute atomic E-state index is 0.552. The quantitative estimate of drug-likeness (QED) is 0.604. The van der Waals surface area contributed by atoms with Crippen molar-refractivity contribution in [3.05, 3.63) is 28.3 Å². The van der Waals surface area contributed by atoms with Crippen molar-refractivity contribution >= 4 is 11.6 Å². The second-order valence-corrected chi connectivity index (χ2v) is 2.85. The Bertz CT molecular complexity index is 336. The van der Waals surface area contributed by atoms with Crippen molar-refractivity contribution in [2.24, 2.45) is 0 Å². The molecule has 0 amide bonds. The highest BCUT2D eigenvalue weighted by Gasteiger charge is 2.03. The molecule has 1 nitrogen and oxygen atoms in total. The third kappa shape index (κ3) is 1.54. The average Bonchev–Trinajstić information content (AvgIpc) is 2.08. The van der Waals surface area contributed by atoms with Gasteiger partial charge in [0.15, 0.2) is 0 Å². The van der Waals surface area contributed by atoms with Crippen LogP contribution < -0.4 is 4.74 Å². The summed E-state index contributed by atoms with van der Waals surface area (Å²) in [5.74, 6) is 3.21. The minimum Gasteiger partial charge on any atom is -0.495 e. The third-order valence-corrected chi connectivity index (χ3v) is 1.95. The molecular weight excluding hydrogens is 172 g/mol. The summed E-state index contributed by atoms with van der Waals surface area (Å²) >= 11 is 5.86. The number of rotatable bonds is 1. The third-order valence-electron chi connectivity index (χ3n) is 1.65. The lowest BCUT2D eigenvalue weighted by molar-refractivity contribution is 0.414. The van der Waals surface area contributed by atoms with Crippen LogP contribution in [0, 0.1) is 19.3 Å². The summed E-state index contributed by atoms with van der Waals surface area (Å²) in [7, 11) is 1.58. The summed E-state index contributed by atoms with van der Waals surface area (Å²) in [5, 5.41) is 0.552. The molecule has 0 N–H and O–H groups in total. The molecule has 0 heterocycles. The smallest absolute Gasteiger partial charge is 0.137 e. The Labute approximate surface area is 77.3 Å². The van der Waals surface area contributed by atoms with Crippen LogP contribution in [0.15, 0.2) is 12.1 Å². The van der Waals surface area contributed by atoms with Gasteiger partial charge in [0, 0.05) is 5.56 Å². The largest absolute Gasteiger partial charge is 0.495 e. The van der Waals surface area contributed by atoms with Gasteiger partial charge in [-0.3, -0.25) is 0 Å². The van der Waals surface area contributed by atoms with Gasteiger partial charge in [-0.25, -0.2) is 0 Å². The van der Waals surface area contributed by atoms with Crippen molar-refractivity contribution in [2.45, 2.75) is 6.92 Å². The monoisotopic (exact) mass is 180 g/mol. The van der Waals surface area contributed by atoms with E-state index < -0.39 is 0 Å². The van der Waals surface area contributed by atoms with E-state index >= 15 is 0 Å². The first-order valence-electron chi connectivity index (χ1n) is 3.49. The van der Waals surface area contributed by atoms with Crippen LogP contribution in [0.3, 0.4) is 0 Å². The number of terminal acetylenes is 1. The molecule has 0 fully saturated rings. The molecule has 1 rings (SSSR count). The number of benzene rings is 1. The number of hydrogen-bond acceptors (Lipinski definition) is 1. The summed E-state index contributed by atoms with van der Waals surface area (Å²) in [6, 6.07) is 3.56. The van der Waals surface area contributed by atoms with Crippen molar-refractivity contribution in [3.63, 3.8) is 0 Å². The Kier molecular flexibility index (Phi) is 2.62. The topological polar surface area (TPSA) is 9.23 Å². The van der Waals surface area contributed by atoms with E-state index in [4.69, 9.17) is 22.8 Å². The maximum absolute atomic E-state index is 5.86. The Morgan fingerprint density at radius 1 is 1.50 bits per heavy atom. The summed E-state index contributed by atoms with van der Waals surface area (Å²) < 4.78 is 5.02. The molecule has 0 aliphatic heterocycles. The zero-order chi connectivity index (χ0) is 9.14. The van der Waals surface area contributed by atoms with E-state index in [9.17, 15) is 0 Å². The molecule has 0 unspecified atom stereocenters. The number of ether oxygens (including phenoxy) is 1. The van der Waals surface area contributed by atoms with Crippen molar-refractivity contribution in [1.82, 2.24) is 0 Å². The number of aryl methyl sites for hydroxylation is 1. The van der Waals surface area contributed by atoms with Crippen molar-refractivity contribution < 1.29 is 4.74 Å². The Hall–Kier alpha value is -1.13. The van der Waals surface area contributed by atoms with Gasteiger partial charge in [-0.2, -0.15) is 0 Å². The van der Waals surface area contributed by atoms with E-state index in [1.165, 1.54) is 0 Å². The van der Waals surface area contributed by atoms with E-state index in [-0.39, 0.29) is 0 Å². The van der Waals surface area contributed by atoms with Crippen molar-refractivity contribution in [2.75, 3.05) is 7.11 Å². The van der Waals surface area contributed by atoms with Gasteiger partial charge in [0.1, 0.15) is 5.75 Å². The molecule has 1 aromatic carbocycles. The second kappa shape index (κ2) is 3.51. The standard InChI is InChI=1S/C10H9ClO/c1-4-8-6-9(11)10(12-3)5-7(8)2/h1,5-6H,2-3H3. The number of methoxy groups -OCH3 is 1. The van der Waals surface area contributed by atoms with Gasteiger partial charge < -0.3 is 4.74 Å². The first-order valence-corrected chi connectivity index (χ1v) is 3.87. The highest BCUT2D eigenvalue weighted by molar-refractivity contribution is 6.32. The fourth-order valence-corrected chi connectivity index (χ4v) is 1.21. The second-order valence-electron chi connectivity index (χ2n) is 2.45. The fourth-order valence-electron chi connectivity index (χ4n) is 0.967. The van der Waals surface area contributed by atoms with E-state index in [1.54, 1.807) is 13.2 Å². The molecule has 1 aromatic rings. The van der Waals surface area contributed by atoms with E-state index in [0.29, 0.717) is 10.8 Å². The van der Waals surface area contributed by atoms with Crippen LogP contribution in [-0.4, -0.2) is 7.11 Å². The first-order chi connectivity index (χ1) is 5.69. The summed E-state index contributed by atoms with van der Waals surface area (Å²) in [5.41, 5.74) is 1.81. The highest BCUT2D eigenvalue weighted by atomic mass is 35.5. The molecule has 12 heavy (non-hydrogen) atoms. The molecule has 0 aliphatic rings. The highest BCUT2D eigenvalue weighted by Crippen LogP contribution is 2.27. The minimum atomic E-state index is 0.552. The lowest BCUT2D eigenvalue weighted by Crippen LogP contribution is -1.88. The van der Waals surface area contributed by atoms with Gasteiger partial charge in [0.25, 0.3) is 0 Å². The SMILES string of the molecule is C#Cc1cc(Cl)c(OC)cc1C. The average molecular weight is 181 g/mol. The molecule has 0 spiro atoms. The molecular formula is C10H9ClO. The zero-order valence-corrected chi connectivity index (χ0v) is 7.77. The van der Waals surface area contributed by atoms with Gasteiger partial charge in [0.2, 0.25) is 0 Å². The van der Waals surface area contributed by atoms with Gasteiger partial charge in [-0.15, -0.1) is 6.42 Å².